The third-order valence-electron chi connectivity index (χ3n) is 4.32. The molecule has 0 saturated heterocycles. The number of carboxylic acid groups (broad SMARTS) is 1. The number of aromatic nitrogens is 1. The van der Waals surface area contributed by atoms with Gasteiger partial charge in [0.2, 0.25) is 5.78 Å². The molecule has 0 atom stereocenters. The molecule has 1 N–H and O–H groups in total. The highest BCUT2D eigenvalue weighted by molar-refractivity contribution is 7.13. The molecule has 1 aromatic heterocycles. The largest absolute Gasteiger partial charge is 0.475 e. The first-order valence-electron chi connectivity index (χ1n) is 8.91. The van der Waals surface area contributed by atoms with E-state index in [0.717, 1.165) is 18.4 Å². The summed E-state index contributed by atoms with van der Waals surface area (Å²) in [6.45, 7) is 1.32. The van der Waals surface area contributed by atoms with Gasteiger partial charge in [0.1, 0.15) is 5.69 Å². The minimum absolute atomic E-state index is 0.130. The van der Waals surface area contributed by atoms with E-state index in [0.29, 0.717) is 18.2 Å². The Morgan fingerprint density at radius 3 is 2.61 bits per heavy atom. The number of carbonyl (C=O) groups excluding carboxylic acids is 2. The van der Waals surface area contributed by atoms with Crippen LogP contribution in [0.3, 0.4) is 0 Å². The second-order valence-electron chi connectivity index (χ2n) is 6.48. The van der Waals surface area contributed by atoms with Gasteiger partial charge in [-0.2, -0.15) is 0 Å². The zero-order valence-electron chi connectivity index (χ0n) is 15.2. The number of nitrogens with zero attached hydrogens (tertiary/aromatic N) is 2. The predicted octanol–water partition coefficient (Wildman–Crippen LogP) is 3.65. The Kier molecular flexibility index (Phi) is 6.49. The van der Waals surface area contributed by atoms with Crippen LogP contribution in [-0.4, -0.2) is 34.2 Å². The molecule has 3 rings (SSSR count). The number of carboxylic acids is 1. The van der Waals surface area contributed by atoms with E-state index in [1.54, 1.807) is 5.38 Å². The van der Waals surface area contributed by atoms with Crippen LogP contribution in [0, 0.1) is 0 Å². The van der Waals surface area contributed by atoms with Gasteiger partial charge in [-0.15, -0.1) is 11.3 Å². The van der Waals surface area contributed by atoms with Gasteiger partial charge >= 0.3 is 5.97 Å². The van der Waals surface area contributed by atoms with Crippen molar-refractivity contribution in [3.05, 3.63) is 70.8 Å². The molecular weight excluding hydrogens is 376 g/mol. The molecule has 2 aromatic rings. The summed E-state index contributed by atoms with van der Waals surface area (Å²) < 4.78 is 0. The first kappa shape index (κ1) is 19.7. The van der Waals surface area contributed by atoms with Gasteiger partial charge in [-0.25, -0.2) is 9.78 Å². The van der Waals surface area contributed by atoms with Crippen molar-refractivity contribution >= 4 is 34.0 Å². The topological polar surface area (TPSA) is 87.6 Å². The maximum atomic E-state index is 12.2. The second kappa shape index (κ2) is 9.23. The molecule has 0 saturated carbocycles. The Balaban J connectivity index is 1.79. The number of carbonyl (C=O) groups is 3. The molecule has 28 heavy (non-hydrogen) atoms. The van der Waals surface area contributed by atoms with E-state index in [4.69, 9.17) is 5.11 Å². The van der Waals surface area contributed by atoms with Crippen LogP contribution in [0.1, 0.15) is 35.3 Å². The monoisotopic (exact) mass is 396 g/mol. The Bertz CT molecular complexity index is 931. The van der Waals surface area contributed by atoms with Crippen LogP contribution in [0.15, 0.2) is 59.5 Å². The summed E-state index contributed by atoms with van der Waals surface area (Å²) in [6.07, 6.45) is 7.59. The normalized spacial score (nSPS) is 13.1. The average Bonchev–Trinajstić information content (AvgIpc) is 3.19. The molecule has 0 bridgehead atoms. The number of hydrogen-bond donors (Lipinski definition) is 1. The summed E-state index contributed by atoms with van der Waals surface area (Å²) in [7, 11) is 0. The summed E-state index contributed by atoms with van der Waals surface area (Å²) in [4.78, 5) is 40.6. The lowest BCUT2D eigenvalue weighted by atomic mass is 10.0. The molecule has 6 nitrogen and oxygen atoms in total. The minimum atomic E-state index is -1.60. The van der Waals surface area contributed by atoms with Crippen molar-refractivity contribution in [2.75, 3.05) is 11.4 Å². The smallest absolute Gasteiger partial charge is 0.372 e. The van der Waals surface area contributed by atoms with Crippen LogP contribution in [0.2, 0.25) is 0 Å². The van der Waals surface area contributed by atoms with Crippen molar-refractivity contribution in [1.29, 1.82) is 0 Å². The molecule has 1 aromatic carbocycles. The maximum Gasteiger partial charge on any atom is 0.372 e. The quantitative estimate of drug-likeness (QED) is 0.395. The van der Waals surface area contributed by atoms with Crippen LogP contribution < -0.4 is 4.90 Å². The SMILES string of the molecule is O=C(O)C(=O)CC(=O)c1csc(N(CC2=CC=CCC2)Cc2ccccc2)n1. The van der Waals surface area contributed by atoms with Crippen molar-refractivity contribution < 1.29 is 19.5 Å². The van der Waals surface area contributed by atoms with Gasteiger partial charge < -0.3 is 10.0 Å². The molecule has 0 fully saturated rings. The molecule has 1 heterocycles. The standard InChI is InChI=1S/C21H20N2O4S/c24-18(11-19(25)20(26)27)17-14-28-21(22-17)23(12-15-7-3-1-4-8-15)13-16-9-5-2-6-10-16/h1-5,7-9,14H,6,10-13H2,(H,26,27). The van der Waals surface area contributed by atoms with Gasteiger partial charge in [0.15, 0.2) is 10.9 Å². The highest BCUT2D eigenvalue weighted by Crippen LogP contribution is 2.26. The lowest BCUT2D eigenvalue weighted by Crippen LogP contribution is -2.25. The molecule has 144 valence electrons. The summed E-state index contributed by atoms with van der Waals surface area (Å²) in [5.41, 5.74) is 2.53. The second-order valence-corrected chi connectivity index (χ2v) is 7.31. The summed E-state index contributed by atoms with van der Waals surface area (Å²) in [5, 5.41) is 10.9. The van der Waals surface area contributed by atoms with Crippen LogP contribution in [0.4, 0.5) is 5.13 Å². The van der Waals surface area contributed by atoms with E-state index in [9.17, 15) is 14.4 Å². The third-order valence-corrected chi connectivity index (χ3v) is 5.22. The molecule has 1 aliphatic rings. The van der Waals surface area contributed by atoms with E-state index in [-0.39, 0.29) is 5.69 Å². The fourth-order valence-electron chi connectivity index (χ4n) is 2.87. The van der Waals surface area contributed by atoms with Crippen LogP contribution in [0.5, 0.6) is 0 Å². The molecular formula is C21H20N2O4S. The minimum Gasteiger partial charge on any atom is -0.475 e. The maximum absolute atomic E-state index is 12.2. The lowest BCUT2D eigenvalue weighted by molar-refractivity contribution is -0.148. The van der Waals surface area contributed by atoms with Gasteiger partial charge in [-0.1, -0.05) is 54.1 Å². The molecule has 0 spiro atoms. The summed E-state index contributed by atoms with van der Waals surface area (Å²) in [6, 6.07) is 9.98. The third kappa shape index (κ3) is 5.23. The highest BCUT2D eigenvalue weighted by atomic mass is 32.1. The molecule has 1 aliphatic carbocycles. The Hall–Kier alpha value is -3.06. The fraction of sp³-hybridized carbons (Fsp3) is 0.238. The van der Waals surface area contributed by atoms with Gasteiger partial charge in [0.05, 0.1) is 6.42 Å². The van der Waals surface area contributed by atoms with Crippen molar-refractivity contribution in [1.82, 2.24) is 4.98 Å². The molecule has 0 radical (unpaired) electrons. The van der Waals surface area contributed by atoms with Crippen LogP contribution in [0.25, 0.3) is 0 Å². The van der Waals surface area contributed by atoms with E-state index in [1.807, 2.05) is 36.4 Å². The Morgan fingerprint density at radius 2 is 1.93 bits per heavy atom. The number of ketones is 2. The lowest BCUT2D eigenvalue weighted by Gasteiger charge is -2.24. The zero-order valence-corrected chi connectivity index (χ0v) is 16.0. The number of Topliss-reactive ketones (excluding diaryl/α,β-unsaturated/α-hetero) is 2. The van der Waals surface area contributed by atoms with E-state index < -0.39 is 24.0 Å². The van der Waals surface area contributed by atoms with Gasteiger partial charge in [-0.3, -0.25) is 9.59 Å². The predicted molar refractivity (Wildman–Crippen MR) is 108 cm³/mol. The van der Waals surface area contributed by atoms with Crippen molar-refractivity contribution in [3.8, 4) is 0 Å². The average molecular weight is 396 g/mol. The van der Waals surface area contributed by atoms with Gasteiger partial charge in [0, 0.05) is 18.5 Å². The van der Waals surface area contributed by atoms with E-state index >= 15 is 0 Å². The first-order valence-corrected chi connectivity index (χ1v) is 9.79. The highest BCUT2D eigenvalue weighted by Gasteiger charge is 2.21. The van der Waals surface area contributed by atoms with Gasteiger partial charge in [0.25, 0.3) is 0 Å². The number of aliphatic carboxylic acids is 1. The molecule has 0 unspecified atom stereocenters. The van der Waals surface area contributed by atoms with Gasteiger partial charge in [-0.05, 0) is 18.4 Å². The van der Waals surface area contributed by atoms with E-state index in [2.05, 4.69) is 22.0 Å². The van der Waals surface area contributed by atoms with Crippen molar-refractivity contribution in [2.45, 2.75) is 25.8 Å². The van der Waals surface area contributed by atoms with Crippen LogP contribution >= 0.6 is 11.3 Å². The Morgan fingerprint density at radius 1 is 1.14 bits per heavy atom. The number of hydrogen-bond acceptors (Lipinski definition) is 6. The van der Waals surface area contributed by atoms with E-state index in [1.165, 1.54) is 16.9 Å². The molecule has 7 heteroatoms. The fourth-order valence-corrected chi connectivity index (χ4v) is 3.70. The Labute approximate surface area is 166 Å². The number of anilines is 1. The summed E-state index contributed by atoms with van der Waals surface area (Å²) in [5.74, 6) is -3.30. The van der Waals surface area contributed by atoms with Crippen molar-refractivity contribution in [2.24, 2.45) is 0 Å². The number of benzene rings is 1. The number of thiazole rings is 1. The van der Waals surface area contributed by atoms with Crippen LogP contribution in [-0.2, 0) is 16.1 Å². The molecule has 0 amide bonds. The first-order chi connectivity index (χ1) is 13.5. The zero-order chi connectivity index (χ0) is 19.9. The number of allylic oxidation sites excluding steroid dienone is 3. The molecule has 0 aliphatic heterocycles. The number of rotatable bonds is 9. The summed E-state index contributed by atoms with van der Waals surface area (Å²) >= 11 is 1.32. The van der Waals surface area contributed by atoms with Crippen molar-refractivity contribution in [3.63, 3.8) is 0 Å².